The highest BCUT2D eigenvalue weighted by Gasteiger charge is 2.62. The largest absolute Gasteiger partial charge is 0.462 e. The molecule has 0 aliphatic heterocycles. The summed E-state index contributed by atoms with van der Waals surface area (Å²) in [5, 5.41) is 11.8. The SMILES string of the molecule is CC(=O)O[C@@H]1[C@@H]2CCC(C)=C(CC[C@]3(C)CC[C@H](OC(C)=O)[C@@](C)(O)[C@@H]13)C2(C)C. The van der Waals surface area contributed by atoms with Gasteiger partial charge in [-0.25, -0.2) is 0 Å². The Morgan fingerprint density at radius 1 is 0.966 bits per heavy atom. The molecule has 0 radical (unpaired) electrons. The molecule has 3 rings (SSSR count). The van der Waals surface area contributed by atoms with E-state index in [4.69, 9.17) is 9.47 Å². The van der Waals surface area contributed by atoms with Gasteiger partial charge in [0.15, 0.2) is 0 Å². The maximum atomic E-state index is 12.2. The van der Waals surface area contributed by atoms with Gasteiger partial charge in [-0.1, -0.05) is 31.9 Å². The number of esters is 2. The molecule has 3 aliphatic carbocycles. The van der Waals surface area contributed by atoms with Gasteiger partial charge in [0.05, 0.1) is 0 Å². The molecule has 5 heteroatoms. The van der Waals surface area contributed by atoms with Gasteiger partial charge in [-0.3, -0.25) is 9.59 Å². The fraction of sp³-hybridized carbons (Fsp3) is 0.833. The zero-order chi connectivity index (χ0) is 21.8. The normalized spacial score (nSPS) is 41.7. The maximum Gasteiger partial charge on any atom is 0.303 e. The Morgan fingerprint density at radius 2 is 1.59 bits per heavy atom. The van der Waals surface area contributed by atoms with E-state index in [0.29, 0.717) is 6.42 Å². The molecule has 2 saturated carbocycles. The van der Waals surface area contributed by atoms with Gasteiger partial charge in [0.1, 0.15) is 17.8 Å². The Hall–Kier alpha value is -1.36. The summed E-state index contributed by atoms with van der Waals surface area (Å²) in [6, 6.07) is 0. The molecule has 1 N–H and O–H groups in total. The third-order valence-electron chi connectivity index (χ3n) is 8.34. The van der Waals surface area contributed by atoms with E-state index < -0.39 is 17.8 Å². The number of allylic oxidation sites excluding steroid dienone is 2. The van der Waals surface area contributed by atoms with Crippen LogP contribution in [0.5, 0.6) is 0 Å². The lowest BCUT2D eigenvalue weighted by Crippen LogP contribution is -2.65. The van der Waals surface area contributed by atoms with Crippen LogP contribution in [0.25, 0.3) is 0 Å². The minimum Gasteiger partial charge on any atom is -0.462 e. The molecule has 3 aliphatic rings. The van der Waals surface area contributed by atoms with Crippen molar-refractivity contribution < 1.29 is 24.2 Å². The molecule has 2 fully saturated rings. The van der Waals surface area contributed by atoms with Crippen LogP contribution >= 0.6 is 0 Å². The molecule has 0 aromatic carbocycles. The Bertz CT molecular complexity index is 719. The zero-order valence-electron chi connectivity index (χ0n) is 19.1. The first-order valence-electron chi connectivity index (χ1n) is 11.1. The number of aliphatic hydroxyl groups is 1. The molecule has 5 nitrogen and oxygen atoms in total. The predicted molar refractivity (Wildman–Crippen MR) is 111 cm³/mol. The summed E-state index contributed by atoms with van der Waals surface area (Å²) < 4.78 is 11.6. The minimum atomic E-state index is -1.26. The van der Waals surface area contributed by atoms with E-state index in [0.717, 1.165) is 32.1 Å². The summed E-state index contributed by atoms with van der Waals surface area (Å²) in [5.41, 5.74) is 1.40. The summed E-state index contributed by atoms with van der Waals surface area (Å²) in [5.74, 6) is -0.863. The molecule has 0 saturated heterocycles. The molecule has 6 atom stereocenters. The lowest BCUT2D eigenvalue weighted by atomic mass is 9.49. The quantitative estimate of drug-likeness (QED) is 0.537. The number of rotatable bonds is 2. The molecular formula is C24H38O5. The van der Waals surface area contributed by atoms with Gasteiger partial charge >= 0.3 is 11.9 Å². The van der Waals surface area contributed by atoms with E-state index in [-0.39, 0.29) is 34.6 Å². The number of hydrogen-bond donors (Lipinski definition) is 1. The topological polar surface area (TPSA) is 72.8 Å². The molecular weight excluding hydrogens is 368 g/mol. The predicted octanol–water partition coefficient (Wildman–Crippen LogP) is 4.56. The lowest BCUT2D eigenvalue weighted by Gasteiger charge is -2.60. The van der Waals surface area contributed by atoms with Gasteiger partial charge in [-0.05, 0) is 63.2 Å². The van der Waals surface area contributed by atoms with Crippen LogP contribution in [0, 0.1) is 22.7 Å². The van der Waals surface area contributed by atoms with Crippen molar-refractivity contribution in [1.82, 2.24) is 0 Å². The van der Waals surface area contributed by atoms with Crippen molar-refractivity contribution in [3.63, 3.8) is 0 Å². The second-order valence-electron chi connectivity index (χ2n) is 10.7. The second-order valence-corrected chi connectivity index (χ2v) is 10.7. The first kappa shape index (κ1) is 22.3. The Balaban J connectivity index is 2.14. The van der Waals surface area contributed by atoms with Crippen LogP contribution < -0.4 is 0 Å². The molecule has 0 aromatic heterocycles. The van der Waals surface area contributed by atoms with Gasteiger partial charge in [-0.2, -0.15) is 0 Å². The molecule has 0 amide bonds. The molecule has 164 valence electrons. The van der Waals surface area contributed by atoms with Crippen LogP contribution in [-0.2, 0) is 19.1 Å². The smallest absolute Gasteiger partial charge is 0.303 e. The summed E-state index contributed by atoms with van der Waals surface area (Å²) in [7, 11) is 0. The van der Waals surface area contributed by atoms with Crippen molar-refractivity contribution >= 4 is 11.9 Å². The van der Waals surface area contributed by atoms with E-state index in [9.17, 15) is 14.7 Å². The first-order chi connectivity index (χ1) is 13.3. The van der Waals surface area contributed by atoms with Crippen molar-refractivity contribution in [2.45, 2.75) is 105 Å². The highest BCUT2D eigenvalue weighted by molar-refractivity contribution is 5.67. The summed E-state index contributed by atoms with van der Waals surface area (Å²) in [4.78, 5) is 23.9. The average molecular weight is 407 g/mol. The molecule has 0 aromatic rings. The molecule has 0 heterocycles. The van der Waals surface area contributed by atoms with Crippen molar-refractivity contribution in [3.05, 3.63) is 11.1 Å². The first-order valence-corrected chi connectivity index (χ1v) is 11.1. The number of fused-ring (bicyclic) bond motifs is 3. The molecule has 0 unspecified atom stereocenters. The third-order valence-corrected chi connectivity index (χ3v) is 8.34. The van der Waals surface area contributed by atoms with E-state index in [1.807, 2.05) is 0 Å². The fourth-order valence-corrected chi connectivity index (χ4v) is 6.96. The molecule has 2 bridgehead atoms. The Morgan fingerprint density at radius 3 is 2.17 bits per heavy atom. The second kappa shape index (κ2) is 7.40. The zero-order valence-corrected chi connectivity index (χ0v) is 19.1. The average Bonchev–Trinajstić information content (AvgIpc) is 2.55. The Labute approximate surface area is 175 Å². The van der Waals surface area contributed by atoms with E-state index in [1.54, 1.807) is 6.92 Å². The monoisotopic (exact) mass is 406 g/mol. The number of carbonyl (C=O) groups is 2. The number of hydrogen-bond acceptors (Lipinski definition) is 5. The minimum absolute atomic E-state index is 0.103. The maximum absolute atomic E-state index is 12.2. The van der Waals surface area contributed by atoms with Gasteiger partial charge in [0, 0.05) is 25.7 Å². The third kappa shape index (κ3) is 3.75. The fourth-order valence-electron chi connectivity index (χ4n) is 6.96. The lowest BCUT2D eigenvalue weighted by molar-refractivity contribution is -0.233. The summed E-state index contributed by atoms with van der Waals surface area (Å²) in [6.07, 6.45) is 4.33. The van der Waals surface area contributed by atoms with Crippen molar-refractivity contribution in [1.29, 1.82) is 0 Å². The highest BCUT2D eigenvalue weighted by atomic mass is 16.6. The van der Waals surface area contributed by atoms with E-state index in [1.165, 1.54) is 25.0 Å². The van der Waals surface area contributed by atoms with Crippen LogP contribution in [0.2, 0.25) is 0 Å². The highest BCUT2D eigenvalue weighted by Crippen LogP contribution is 2.60. The van der Waals surface area contributed by atoms with Crippen LogP contribution in [0.3, 0.4) is 0 Å². The van der Waals surface area contributed by atoms with Gasteiger partial charge in [0.2, 0.25) is 0 Å². The van der Waals surface area contributed by atoms with Gasteiger partial charge in [-0.15, -0.1) is 0 Å². The van der Waals surface area contributed by atoms with Gasteiger partial charge in [0.25, 0.3) is 0 Å². The van der Waals surface area contributed by atoms with Crippen LogP contribution in [0.15, 0.2) is 11.1 Å². The molecule has 0 spiro atoms. The van der Waals surface area contributed by atoms with Crippen LogP contribution in [0.1, 0.15) is 87.0 Å². The van der Waals surface area contributed by atoms with Crippen molar-refractivity contribution in [3.8, 4) is 0 Å². The summed E-state index contributed by atoms with van der Waals surface area (Å²) in [6.45, 7) is 13.6. The van der Waals surface area contributed by atoms with Crippen LogP contribution in [0.4, 0.5) is 0 Å². The van der Waals surface area contributed by atoms with Crippen molar-refractivity contribution in [2.75, 3.05) is 0 Å². The van der Waals surface area contributed by atoms with Crippen LogP contribution in [-0.4, -0.2) is 34.9 Å². The number of carbonyl (C=O) groups excluding carboxylic acids is 2. The van der Waals surface area contributed by atoms with Crippen molar-refractivity contribution in [2.24, 2.45) is 22.7 Å². The molecule has 29 heavy (non-hydrogen) atoms. The van der Waals surface area contributed by atoms with E-state index >= 15 is 0 Å². The Kier molecular flexibility index (Phi) is 5.70. The summed E-state index contributed by atoms with van der Waals surface area (Å²) >= 11 is 0. The number of ether oxygens (including phenoxy) is 2. The van der Waals surface area contributed by atoms with E-state index in [2.05, 4.69) is 27.7 Å². The standard InChI is InChI=1S/C24H38O5/c1-14-8-9-18-20(29-16(3)26)21-23(6,12-10-17(14)22(18,4)5)13-11-19(24(21,7)27)28-15(2)25/h18-21,27H,8-13H2,1-7H3/t18-,19-,20+,21-,23+,24+/m0/s1. The van der Waals surface area contributed by atoms with Gasteiger partial charge < -0.3 is 14.6 Å².